The number of hydrogen-bond donors (Lipinski definition) is 1. The summed E-state index contributed by atoms with van der Waals surface area (Å²) in [5, 5.41) is 7.19. The number of nitrogens with zero attached hydrogens (tertiary/aromatic N) is 2. The molecule has 5 nitrogen and oxygen atoms in total. The van der Waals surface area contributed by atoms with E-state index in [-0.39, 0.29) is 18.0 Å². The van der Waals surface area contributed by atoms with Gasteiger partial charge < -0.3 is 5.32 Å². The van der Waals surface area contributed by atoms with Gasteiger partial charge in [0.05, 0.1) is 5.69 Å². The van der Waals surface area contributed by atoms with Crippen LogP contribution in [0.2, 0.25) is 0 Å². The monoisotopic (exact) mass is 361 g/mol. The summed E-state index contributed by atoms with van der Waals surface area (Å²) in [6.45, 7) is 2.50. The van der Waals surface area contributed by atoms with Crippen molar-refractivity contribution in [2.24, 2.45) is 0 Å². The second kappa shape index (κ2) is 8.94. The van der Waals surface area contributed by atoms with Gasteiger partial charge in [0.15, 0.2) is 0 Å². The fourth-order valence-electron chi connectivity index (χ4n) is 2.80. The smallest absolute Gasteiger partial charge is 0.267 e. The molecule has 0 bridgehead atoms. The Bertz CT molecular complexity index is 947. The molecule has 1 heterocycles. The number of rotatable bonds is 7. The van der Waals surface area contributed by atoms with Gasteiger partial charge in [-0.15, -0.1) is 0 Å². The minimum atomic E-state index is -0.287. The maximum absolute atomic E-state index is 12.2. The summed E-state index contributed by atoms with van der Waals surface area (Å²) in [6.07, 6.45) is 1.75. The van der Waals surface area contributed by atoms with Crippen LogP contribution in [0.5, 0.6) is 0 Å². The topological polar surface area (TPSA) is 64.0 Å². The fourth-order valence-corrected chi connectivity index (χ4v) is 2.80. The van der Waals surface area contributed by atoms with Crippen LogP contribution in [0.25, 0.3) is 11.3 Å². The Hall–Kier alpha value is -3.21. The summed E-state index contributed by atoms with van der Waals surface area (Å²) < 4.78 is 1.21. The first-order valence-corrected chi connectivity index (χ1v) is 9.08. The molecule has 0 aliphatic heterocycles. The van der Waals surface area contributed by atoms with Gasteiger partial charge in [-0.1, -0.05) is 60.2 Å². The van der Waals surface area contributed by atoms with Crippen LogP contribution in [0.1, 0.15) is 17.5 Å². The third kappa shape index (κ3) is 5.38. The zero-order valence-electron chi connectivity index (χ0n) is 15.4. The summed E-state index contributed by atoms with van der Waals surface area (Å²) in [5.74, 6) is -0.210. The molecule has 0 atom stereocenters. The molecule has 2 aromatic carbocycles. The highest BCUT2D eigenvalue weighted by atomic mass is 16.2. The second-order valence-corrected chi connectivity index (χ2v) is 6.52. The first-order valence-electron chi connectivity index (χ1n) is 9.08. The molecule has 0 radical (unpaired) electrons. The molecule has 0 fully saturated rings. The molecule has 1 amide bonds. The first kappa shape index (κ1) is 18.6. The Balaban J connectivity index is 1.56. The fraction of sp³-hybridized carbons (Fsp3) is 0.227. The van der Waals surface area contributed by atoms with Crippen LogP contribution in [0, 0.1) is 6.92 Å². The molecule has 0 saturated carbocycles. The molecule has 0 saturated heterocycles. The molecule has 0 spiro atoms. The van der Waals surface area contributed by atoms with Crippen LogP contribution in [0.15, 0.2) is 71.5 Å². The number of carbonyl (C=O) groups is 1. The number of benzene rings is 2. The normalized spacial score (nSPS) is 10.6. The summed E-state index contributed by atoms with van der Waals surface area (Å²) in [6, 6.07) is 21.2. The van der Waals surface area contributed by atoms with Crippen molar-refractivity contribution in [2.45, 2.75) is 26.3 Å². The van der Waals surface area contributed by atoms with Gasteiger partial charge >= 0.3 is 0 Å². The lowest BCUT2D eigenvalue weighted by molar-refractivity contribution is -0.121. The van der Waals surface area contributed by atoms with E-state index in [1.807, 2.05) is 49.4 Å². The quantitative estimate of drug-likeness (QED) is 0.658. The lowest BCUT2D eigenvalue weighted by Crippen LogP contribution is -2.34. The average Bonchev–Trinajstić information content (AvgIpc) is 2.68. The van der Waals surface area contributed by atoms with Crippen molar-refractivity contribution >= 4 is 5.91 Å². The molecule has 3 rings (SSSR count). The minimum absolute atomic E-state index is 0.0795. The zero-order chi connectivity index (χ0) is 19.1. The van der Waals surface area contributed by atoms with Crippen LogP contribution in [0.3, 0.4) is 0 Å². The Kier molecular flexibility index (Phi) is 6.15. The largest absolute Gasteiger partial charge is 0.354 e. The van der Waals surface area contributed by atoms with Crippen molar-refractivity contribution in [3.8, 4) is 11.3 Å². The molecule has 0 aliphatic rings. The standard InChI is InChI=1S/C22H23N3O2/c1-17-9-11-19(12-10-17)20-13-14-22(27)25(24-20)16-21(26)23-15-5-8-18-6-3-2-4-7-18/h2-4,6-7,9-14H,5,8,15-16H2,1H3,(H,23,26). The molecule has 27 heavy (non-hydrogen) atoms. The van der Waals surface area contributed by atoms with Gasteiger partial charge in [0.2, 0.25) is 5.91 Å². The number of nitrogens with one attached hydrogen (secondary N) is 1. The Morgan fingerprint density at radius 2 is 1.74 bits per heavy atom. The lowest BCUT2D eigenvalue weighted by atomic mass is 10.1. The van der Waals surface area contributed by atoms with Crippen molar-refractivity contribution in [2.75, 3.05) is 6.54 Å². The Morgan fingerprint density at radius 3 is 2.48 bits per heavy atom. The highest BCUT2D eigenvalue weighted by molar-refractivity contribution is 5.75. The highest BCUT2D eigenvalue weighted by Crippen LogP contribution is 2.15. The van der Waals surface area contributed by atoms with Gasteiger partial charge in [-0.25, -0.2) is 4.68 Å². The van der Waals surface area contributed by atoms with E-state index < -0.39 is 0 Å². The van der Waals surface area contributed by atoms with Crippen molar-refractivity contribution in [1.29, 1.82) is 0 Å². The van der Waals surface area contributed by atoms with E-state index in [1.165, 1.54) is 16.3 Å². The van der Waals surface area contributed by atoms with E-state index in [0.717, 1.165) is 24.0 Å². The zero-order valence-corrected chi connectivity index (χ0v) is 15.4. The third-order valence-corrected chi connectivity index (χ3v) is 4.31. The van der Waals surface area contributed by atoms with Gasteiger partial charge in [-0.2, -0.15) is 5.10 Å². The van der Waals surface area contributed by atoms with Gasteiger partial charge in [0.25, 0.3) is 5.56 Å². The van der Waals surface area contributed by atoms with E-state index in [9.17, 15) is 9.59 Å². The van der Waals surface area contributed by atoms with Crippen molar-refractivity contribution < 1.29 is 4.79 Å². The molecule has 1 N–H and O–H groups in total. The van der Waals surface area contributed by atoms with Crippen molar-refractivity contribution in [3.63, 3.8) is 0 Å². The van der Waals surface area contributed by atoms with Gasteiger partial charge in [-0.3, -0.25) is 9.59 Å². The van der Waals surface area contributed by atoms with Gasteiger partial charge in [0.1, 0.15) is 6.54 Å². The van der Waals surface area contributed by atoms with E-state index in [0.29, 0.717) is 12.2 Å². The number of amides is 1. The summed E-state index contributed by atoms with van der Waals surface area (Å²) in [4.78, 5) is 24.2. The Labute approximate surface area is 158 Å². The molecular weight excluding hydrogens is 338 g/mol. The van der Waals surface area contributed by atoms with Crippen LogP contribution in [-0.4, -0.2) is 22.2 Å². The van der Waals surface area contributed by atoms with Gasteiger partial charge in [-0.05, 0) is 31.4 Å². The molecule has 1 aromatic heterocycles. The molecule has 0 aliphatic carbocycles. The molecule has 3 aromatic rings. The number of aromatic nitrogens is 2. The summed E-state index contributed by atoms with van der Waals surface area (Å²) in [7, 11) is 0. The van der Waals surface area contributed by atoms with Gasteiger partial charge in [0, 0.05) is 18.2 Å². The predicted molar refractivity (Wildman–Crippen MR) is 106 cm³/mol. The molecular formula is C22H23N3O2. The van der Waals surface area contributed by atoms with Crippen LogP contribution in [0.4, 0.5) is 0 Å². The average molecular weight is 361 g/mol. The number of carbonyl (C=O) groups excluding carboxylic acids is 1. The van der Waals surface area contributed by atoms with Crippen molar-refractivity contribution in [3.05, 3.63) is 88.2 Å². The maximum Gasteiger partial charge on any atom is 0.267 e. The molecule has 5 heteroatoms. The number of hydrogen-bond acceptors (Lipinski definition) is 3. The van der Waals surface area contributed by atoms with Crippen LogP contribution >= 0.6 is 0 Å². The van der Waals surface area contributed by atoms with Crippen LogP contribution in [-0.2, 0) is 17.8 Å². The van der Waals surface area contributed by atoms with E-state index in [4.69, 9.17) is 0 Å². The maximum atomic E-state index is 12.2. The highest BCUT2D eigenvalue weighted by Gasteiger charge is 2.08. The Morgan fingerprint density at radius 1 is 1.00 bits per heavy atom. The van der Waals surface area contributed by atoms with E-state index >= 15 is 0 Å². The van der Waals surface area contributed by atoms with Crippen LogP contribution < -0.4 is 10.9 Å². The third-order valence-electron chi connectivity index (χ3n) is 4.31. The lowest BCUT2D eigenvalue weighted by Gasteiger charge is -2.08. The second-order valence-electron chi connectivity index (χ2n) is 6.52. The summed E-state index contributed by atoms with van der Waals surface area (Å²) in [5.41, 5.74) is 3.70. The number of aryl methyl sites for hydroxylation is 2. The first-order chi connectivity index (χ1) is 13.1. The van der Waals surface area contributed by atoms with E-state index in [2.05, 4.69) is 22.5 Å². The molecule has 138 valence electrons. The minimum Gasteiger partial charge on any atom is -0.354 e. The van der Waals surface area contributed by atoms with E-state index in [1.54, 1.807) is 6.07 Å². The summed E-state index contributed by atoms with van der Waals surface area (Å²) >= 11 is 0. The molecule has 0 unspecified atom stereocenters. The predicted octanol–water partition coefficient (Wildman–Crippen LogP) is 2.97. The SMILES string of the molecule is Cc1ccc(-c2ccc(=O)n(CC(=O)NCCCc3ccccc3)n2)cc1. The van der Waals surface area contributed by atoms with Crippen molar-refractivity contribution in [1.82, 2.24) is 15.1 Å².